The minimum Gasteiger partial charge on any atom is -0.462 e. The topological polar surface area (TPSA) is 78.9 Å². The van der Waals surface area contributed by atoms with Crippen LogP contribution in [0.2, 0.25) is 0 Å². The fourth-order valence-electron chi connectivity index (χ4n) is 8.38. The van der Waals surface area contributed by atoms with Gasteiger partial charge in [-0.15, -0.1) is 0 Å². The maximum atomic E-state index is 12.8. The van der Waals surface area contributed by atoms with Crippen LogP contribution in [0.5, 0.6) is 0 Å². The van der Waals surface area contributed by atoms with Gasteiger partial charge in [-0.2, -0.15) is 0 Å². The van der Waals surface area contributed by atoms with Crippen LogP contribution in [0.1, 0.15) is 297 Å². The van der Waals surface area contributed by atoms with Crippen LogP contribution in [-0.2, 0) is 28.6 Å². The zero-order chi connectivity index (χ0) is 49.3. The molecule has 0 saturated heterocycles. The van der Waals surface area contributed by atoms with Gasteiger partial charge >= 0.3 is 17.9 Å². The number of allylic oxidation sites excluding steroid dienone is 10. The van der Waals surface area contributed by atoms with Crippen molar-refractivity contribution >= 4 is 17.9 Å². The molecule has 0 aromatic carbocycles. The van der Waals surface area contributed by atoms with Crippen LogP contribution in [0, 0.1) is 0 Å². The second-order valence-corrected chi connectivity index (χ2v) is 19.5. The summed E-state index contributed by atoms with van der Waals surface area (Å²) in [6.45, 7) is 6.44. The largest absolute Gasteiger partial charge is 0.462 e. The van der Waals surface area contributed by atoms with Crippen molar-refractivity contribution in [3.63, 3.8) is 0 Å². The van der Waals surface area contributed by atoms with E-state index in [4.69, 9.17) is 14.2 Å². The average Bonchev–Trinajstić information content (AvgIpc) is 3.34. The van der Waals surface area contributed by atoms with Crippen LogP contribution in [0.3, 0.4) is 0 Å². The molecular weight excluding hydrogens is 841 g/mol. The van der Waals surface area contributed by atoms with Gasteiger partial charge in [-0.3, -0.25) is 14.4 Å². The molecule has 0 aliphatic heterocycles. The standard InChI is InChI=1S/C62H110O6/c1-4-7-10-13-16-19-22-24-25-26-27-28-29-30-31-32-33-34-35-36-38-40-43-46-49-52-55-61(64)67-58-59(57-66-60(63)54-51-48-45-42-39-21-18-15-12-9-6-3)68-62(65)56-53-50-47-44-41-37-23-20-17-14-11-8-5-2/h8,11,15,17-18,20,37,41,47,50,59H,4-7,9-10,12-14,16,19,21-36,38-40,42-46,48-49,51-58H2,1-3H3/b11-8-,18-15-,20-17-,41-37-,50-47-. The molecule has 394 valence electrons. The number of carbonyl (C=O) groups is 3. The molecule has 0 N–H and O–H groups in total. The van der Waals surface area contributed by atoms with E-state index >= 15 is 0 Å². The van der Waals surface area contributed by atoms with Gasteiger partial charge in [0.1, 0.15) is 13.2 Å². The maximum Gasteiger partial charge on any atom is 0.306 e. The molecule has 0 spiro atoms. The lowest BCUT2D eigenvalue weighted by molar-refractivity contribution is -0.166. The molecule has 0 aromatic rings. The highest BCUT2D eigenvalue weighted by Crippen LogP contribution is 2.17. The van der Waals surface area contributed by atoms with Gasteiger partial charge in [-0.25, -0.2) is 0 Å². The summed E-state index contributed by atoms with van der Waals surface area (Å²) in [6.07, 6.45) is 71.2. The van der Waals surface area contributed by atoms with E-state index in [1.165, 1.54) is 173 Å². The molecule has 0 aliphatic rings. The number of hydrogen-bond acceptors (Lipinski definition) is 6. The summed E-state index contributed by atoms with van der Waals surface area (Å²) in [7, 11) is 0. The predicted molar refractivity (Wildman–Crippen MR) is 293 cm³/mol. The molecule has 0 heterocycles. The Morgan fingerprint density at radius 3 is 1.00 bits per heavy atom. The Morgan fingerprint density at radius 1 is 0.309 bits per heavy atom. The van der Waals surface area contributed by atoms with E-state index in [-0.39, 0.29) is 37.5 Å². The lowest BCUT2D eigenvalue weighted by Crippen LogP contribution is -2.30. The predicted octanol–water partition coefficient (Wildman–Crippen LogP) is 19.6. The molecule has 0 aliphatic carbocycles. The van der Waals surface area contributed by atoms with Crippen molar-refractivity contribution in [2.75, 3.05) is 13.2 Å². The fourth-order valence-corrected chi connectivity index (χ4v) is 8.38. The van der Waals surface area contributed by atoms with E-state index in [1.54, 1.807) is 0 Å². The van der Waals surface area contributed by atoms with Crippen molar-refractivity contribution in [3.05, 3.63) is 60.8 Å². The molecule has 68 heavy (non-hydrogen) atoms. The average molecular weight is 952 g/mol. The van der Waals surface area contributed by atoms with Crippen molar-refractivity contribution < 1.29 is 28.6 Å². The van der Waals surface area contributed by atoms with Gasteiger partial charge in [0.05, 0.1) is 0 Å². The highest BCUT2D eigenvalue weighted by Gasteiger charge is 2.19. The molecule has 0 aromatic heterocycles. The smallest absolute Gasteiger partial charge is 0.306 e. The Hall–Kier alpha value is -2.89. The first-order valence-electron chi connectivity index (χ1n) is 29.3. The van der Waals surface area contributed by atoms with E-state index < -0.39 is 6.10 Å². The first-order chi connectivity index (χ1) is 33.5. The summed E-state index contributed by atoms with van der Waals surface area (Å²) in [5.74, 6) is -0.986. The van der Waals surface area contributed by atoms with Crippen LogP contribution < -0.4 is 0 Å². The number of unbranched alkanes of at least 4 members (excludes halogenated alkanes) is 32. The van der Waals surface area contributed by atoms with Gasteiger partial charge in [-0.05, 0) is 64.2 Å². The molecule has 0 saturated carbocycles. The Kier molecular flexibility index (Phi) is 54.3. The number of esters is 3. The summed E-state index contributed by atoms with van der Waals surface area (Å²) < 4.78 is 16.7. The maximum absolute atomic E-state index is 12.8. The Balaban J connectivity index is 4.20. The minimum atomic E-state index is -0.813. The van der Waals surface area contributed by atoms with Crippen LogP contribution in [0.4, 0.5) is 0 Å². The van der Waals surface area contributed by atoms with Crippen LogP contribution in [0.25, 0.3) is 0 Å². The quantitative estimate of drug-likeness (QED) is 0.0262. The lowest BCUT2D eigenvalue weighted by atomic mass is 10.0. The van der Waals surface area contributed by atoms with Crippen molar-refractivity contribution in [1.82, 2.24) is 0 Å². The third kappa shape index (κ3) is 54.1. The van der Waals surface area contributed by atoms with Crippen molar-refractivity contribution in [1.29, 1.82) is 0 Å². The molecule has 0 bridgehead atoms. The van der Waals surface area contributed by atoms with E-state index in [0.717, 1.165) is 77.0 Å². The van der Waals surface area contributed by atoms with Gasteiger partial charge in [0.15, 0.2) is 6.10 Å². The highest BCUT2D eigenvalue weighted by molar-refractivity contribution is 5.71. The zero-order valence-electron chi connectivity index (χ0n) is 45.1. The summed E-state index contributed by atoms with van der Waals surface area (Å²) in [5.41, 5.74) is 0. The molecular formula is C62H110O6. The summed E-state index contributed by atoms with van der Waals surface area (Å²) >= 11 is 0. The second kappa shape index (κ2) is 56.7. The molecule has 1 unspecified atom stereocenters. The van der Waals surface area contributed by atoms with E-state index in [0.29, 0.717) is 19.3 Å². The minimum absolute atomic E-state index is 0.103. The van der Waals surface area contributed by atoms with Gasteiger partial charge in [0.25, 0.3) is 0 Å². The summed E-state index contributed by atoms with van der Waals surface area (Å²) in [6, 6.07) is 0. The van der Waals surface area contributed by atoms with E-state index in [2.05, 4.69) is 69.4 Å². The molecule has 0 amide bonds. The third-order valence-electron chi connectivity index (χ3n) is 12.8. The van der Waals surface area contributed by atoms with Crippen molar-refractivity contribution in [2.45, 2.75) is 303 Å². The van der Waals surface area contributed by atoms with Crippen LogP contribution in [-0.4, -0.2) is 37.2 Å². The Bertz CT molecular complexity index is 1230. The van der Waals surface area contributed by atoms with Gasteiger partial charge in [0.2, 0.25) is 0 Å². The molecule has 6 heteroatoms. The van der Waals surface area contributed by atoms with Crippen LogP contribution >= 0.6 is 0 Å². The molecule has 6 nitrogen and oxygen atoms in total. The van der Waals surface area contributed by atoms with E-state index in [9.17, 15) is 14.4 Å². The second-order valence-electron chi connectivity index (χ2n) is 19.5. The normalized spacial score (nSPS) is 12.5. The Labute approximate surface area is 421 Å². The van der Waals surface area contributed by atoms with Crippen molar-refractivity contribution in [3.8, 4) is 0 Å². The molecule has 0 fully saturated rings. The van der Waals surface area contributed by atoms with E-state index in [1.807, 2.05) is 12.2 Å². The zero-order valence-corrected chi connectivity index (χ0v) is 45.1. The number of hydrogen-bond donors (Lipinski definition) is 0. The molecule has 0 radical (unpaired) electrons. The lowest BCUT2D eigenvalue weighted by Gasteiger charge is -2.18. The number of carbonyl (C=O) groups excluding carboxylic acids is 3. The number of rotatable bonds is 53. The van der Waals surface area contributed by atoms with Gasteiger partial charge < -0.3 is 14.2 Å². The monoisotopic (exact) mass is 951 g/mol. The molecule has 1 atom stereocenters. The summed E-state index contributed by atoms with van der Waals surface area (Å²) in [4.78, 5) is 38.0. The number of ether oxygens (including phenoxy) is 3. The first-order valence-corrected chi connectivity index (χ1v) is 29.3. The summed E-state index contributed by atoms with van der Waals surface area (Å²) in [5, 5.41) is 0. The SMILES string of the molecule is CC/C=C\C/C=C\C/C=C\C/C=C\CCC(=O)OC(COC(=O)CCCCCCC/C=C\CCCC)COC(=O)CCCCCCCCCCCCCCCCCCCCCCCCCCCC. The third-order valence-corrected chi connectivity index (χ3v) is 12.8. The van der Waals surface area contributed by atoms with Crippen LogP contribution in [0.15, 0.2) is 60.8 Å². The van der Waals surface area contributed by atoms with Crippen molar-refractivity contribution in [2.24, 2.45) is 0 Å². The fraction of sp³-hybridized carbons (Fsp3) is 0.790. The highest BCUT2D eigenvalue weighted by atomic mass is 16.6. The van der Waals surface area contributed by atoms with Gasteiger partial charge in [0, 0.05) is 19.3 Å². The molecule has 0 rings (SSSR count). The first kappa shape index (κ1) is 65.1. The van der Waals surface area contributed by atoms with Gasteiger partial charge in [-0.1, -0.05) is 274 Å². The Morgan fingerprint density at radius 2 is 0.618 bits per heavy atom.